The Hall–Kier alpha value is -5.12. The largest absolute Gasteiger partial charge is 1.00 e. The molecule has 2 atom stereocenters. The van der Waals surface area contributed by atoms with Crippen LogP contribution in [0.1, 0.15) is 39.1 Å². The summed E-state index contributed by atoms with van der Waals surface area (Å²) in [5, 5.41) is 8.53. The number of hydrogen-bond donors (Lipinski definition) is 3. The van der Waals surface area contributed by atoms with Crippen molar-refractivity contribution in [2.45, 2.75) is 64.4 Å². The van der Waals surface area contributed by atoms with Crippen LogP contribution < -0.4 is 42.7 Å². The molecule has 298 valence electrons. The number of amides is 3. The van der Waals surface area contributed by atoms with Crippen molar-refractivity contribution in [3.8, 4) is 5.75 Å². The van der Waals surface area contributed by atoms with Crippen LogP contribution in [0.5, 0.6) is 5.75 Å². The molecule has 0 bridgehead atoms. The fraction of sp³-hybridized carbons (Fsp3) is 0.400. The number of ether oxygens (including phenoxy) is 3. The highest BCUT2D eigenvalue weighted by Gasteiger charge is 2.55. The Kier molecular flexibility index (Phi) is 13.7. The Morgan fingerprint density at radius 1 is 1.16 bits per heavy atom. The molecule has 2 aliphatic rings. The number of benzene rings is 1. The molecule has 18 nitrogen and oxygen atoms in total. The van der Waals surface area contributed by atoms with E-state index < -0.39 is 40.9 Å². The van der Waals surface area contributed by atoms with Gasteiger partial charge in [-0.15, -0.1) is 16.7 Å². The van der Waals surface area contributed by atoms with E-state index in [0.717, 1.165) is 22.6 Å². The van der Waals surface area contributed by atoms with E-state index in [1.165, 1.54) is 16.7 Å². The summed E-state index contributed by atoms with van der Waals surface area (Å²) >= 11 is 2.19. The number of halogens is 1. The van der Waals surface area contributed by atoms with Gasteiger partial charge < -0.3 is 47.1 Å². The SMILES string of the molecule is CCO/N=C(\C(=O)NC1C(=O)N2C(C(=O)OCc3ccc(OC)cc3)=C(C[n+]3cn(CCN)c4cccnc43)CSC12)c1nsc(NC(=O)OC(C)(C)C)n1.[Br-]. The van der Waals surface area contributed by atoms with Gasteiger partial charge in [0.1, 0.15) is 47.9 Å². The second-order valence-electron chi connectivity index (χ2n) is 13.2. The number of nitrogens with zero attached hydrogens (tertiary/aromatic N) is 7. The molecule has 4 N–H and O–H groups in total. The van der Waals surface area contributed by atoms with Crippen molar-refractivity contribution in [2.75, 3.05) is 31.3 Å². The molecule has 0 aliphatic carbocycles. The van der Waals surface area contributed by atoms with Crippen molar-refractivity contribution in [1.29, 1.82) is 0 Å². The number of nitrogens with one attached hydrogen (secondary N) is 2. The Labute approximate surface area is 340 Å². The number of imidazole rings is 1. The first-order chi connectivity index (χ1) is 26.4. The number of esters is 1. The minimum absolute atomic E-state index is 0. The molecule has 1 saturated heterocycles. The second kappa shape index (κ2) is 18.2. The summed E-state index contributed by atoms with van der Waals surface area (Å²) in [5.74, 6) is -1.15. The van der Waals surface area contributed by atoms with Gasteiger partial charge in [0, 0.05) is 29.4 Å². The first-order valence-electron chi connectivity index (χ1n) is 17.3. The molecule has 1 fully saturated rings. The molecule has 3 amide bonds. The van der Waals surface area contributed by atoms with Crippen LogP contribution in [-0.2, 0) is 48.4 Å². The van der Waals surface area contributed by atoms with Gasteiger partial charge in [-0.3, -0.25) is 24.4 Å². The number of anilines is 1. The Balaban J connectivity index is 0.00000600. The molecular weight excluding hydrogens is 832 g/mol. The predicted molar refractivity (Wildman–Crippen MR) is 202 cm³/mol. The molecule has 4 aromatic rings. The average Bonchev–Trinajstić information content (AvgIpc) is 3.76. The smallest absolute Gasteiger partial charge is 0.414 e. The maximum atomic E-state index is 14.0. The van der Waals surface area contributed by atoms with E-state index in [-0.39, 0.29) is 59.1 Å². The summed E-state index contributed by atoms with van der Waals surface area (Å²) in [4.78, 5) is 69.2. The number of methoxy groups -OCH3 is 1. The summed E-state index contributed by atoms with van der Waals surface area (Å²) in [7, 11) is 1.56. The maximum absolute atomic E-state index is 14.0. The zero-order valence-electron chi connectivity index (χ0n) is 31.2. The highest BCUT2D eigenvalue weighted by molar-refractivity contribution is 8.00. The van der Waals surface area contributed by atoms with Crippen molar-refractivity contribution in [3.05, 3.63) is 71.6 Å². The van der Waals surface area contributed by atoms with Gasteiger partial charge >= 0.3 is 17.7 Å². The van der Waals surface area contributed by atoms with Crippen LogP contribution in [0.15, 0.2) is 65.3 Å². The maximum Gasteiger partial charge on any atom is 0.414 e. The van der Waals surface area contributed by atoms with Gasteiger partial charge in [0.15, 0.2) is 11.8 Å². The highest BCUT2D eigenvalue weighted by atomic mass is 79.9. The third kappa shape index (κ3) is 9.45. The lowest BCUT2D eigenvalue weighted by Gasteiger charge is -2.49. The van der Waals surface area contributed by atoms with Crippen LogP contribution in [0.25, 0.3) is 11.2 Å². The molecule has 5 heterocycles. The van der Waals surface area contributed by atoms with Crippen molar-refractivity contribution in [2.24, 2.45) is 10.9 Å². The normalized spacial score (nSPS) is 16.7. The number of carbonyl (C=O) groups excluding carboxylic acids is 4. The van der Waals surface area contributed by atoms with Gasteiger partial charge in [-0.2, -0.15) is 9.36 Å². The lowest BCUT2D eigenvalue weighted by atomic mass is 10.0. The van der Waals surface area contributed by atoms with E-state index in [1.54, 1.807) is 65.3 Å². The number of thioether (sulfide) groups is 1. The van der Waals surface area contributed by atoms with E-state index in [0.29, 0.717) is 35.8 Å². The fourth-order valence-corrected chi connectivity index (χ4v) is 7.67. The lowest BCUT2D eigenvalue weighted by molar-refractivity contribution is -0.665. The summed E-state index contributed by atoms with van der Waals surface area (Å²) in [6.45, 7) is 8.11. The molecule has 56 heavy (non-hydrogen) atoms. The summed E-state index contributed by atoms with van der Waals surface area (Å²) in [5.41, 5.74) is 7.83. The molecule has 2 unspecified atom stereocenters. The first-order valence-corrected chi connectivity index (χ1v) is 19.1. The number of hydrogen-bond acceptors (Lipinski definition) is 15. The van der Waals surface area contributed by atoms with Gasteiger partial charge in [-0.1, -0.05) is 17.3 Å². The third-order valence-corrected chi connectivity index (χ3v) is 10.1. The van der Waals surface area contributed by atoms with Crippen LogP contribution in [-0.4, -0.2) is 96.4 Å². The molecule has 2 aliphatic heterocycles. The molecule has 3 aromatic heterocycles. The number of pyridine rings is 1. The zero-order chi connectivity index (χ0) is 39.3. The minimum Gasteiger partial charge on any atom is -1.00 e. The molecule has 0 spiro atoms. The van der Waals surface area contributed by atoms with Crippen molar-refractivity contribution in [1.82, 2.24) is 29.1 Å². The number of rotatable bonds is 14. The number of nitrogens with two attached hydrogens (primary N) is 1. The van der Waals surface area contributed by atoms with E-state index in [1.807, 2.05) is 27.6 Å². The Morgan fingerprint density at radius 3 is 2.62 bits per heavy atom. The van der Waals surface area contributed by atoms with Crippen molar-refractivity contribution >= 4 is 69.2 Å². The van der Waals surface area contributed by atoms with Gasteiger partial charge in [-0.25, -0.2) is 14.2 Å². The third-order valence-electron chi connectivity index (χ3n) is 8.16. The standard InChI is InChI=1S/C35H40N10O8S2.BrH/c1-6-52-41-24(27-39-33(55-42-27)40-34(49)53-35(2,3)4)29(46)38-25-30(47)45-26(32(48)51-17-20-9-11-22(50-5)12-10-20)21(18-54-31(25)45)16-44-19-43(15-13-36)23-8-7-14-37-28(23)44;/h7-12,14,19,25,31H,6,13,15-18,36H2,1-5H3,(H-,38,39,40,42,46,49);1H/b41-24-;. The summed E-state index contributed by atoms with van der Waals surface area (Å²) < 4.78 is 24.3. The zero-order valence-corrected chi connectivity index (χ0v) is 34.4. The summed E-state index contributed by atoms with van der Waals surface area (Å²) in [6.07, 6.45) is 2.82. The Morgan fingerprint density at radius 2 is 1.93 bits per heavy atom. The van der Waals surface area contributed by atoms with E-state index in [9.17, 15) is 19.2 Å². The average molecular weight is 874 g/mol. The molecule has 0 radical (unpaired) electrons. The first kappa shape index (κ1) is 42.0. The fourth-order valence-electron chi connectivity index (χ4n) is 5.77. The molecule has 21 heteroatoms. The van der Waals surface area contributed by atoms with Crippen LogP contribution in [0.3, 0.4) is 0 Å². The van der Waals surface area contributed by atoms with E-state index in [2.05, 4.69) is 30.1 Å². The van der Waals surface area contributed by atoms with Crippen LogP contribution >= 0.6 is 23.3 Å². The number of carbonyl (C=O) groups is 4. The number of oxime groups is 1. The number of fused-ring (bicyclic) bond motifs is 2. The van der Waals surface area contributed by atoms with Crippen molar-refractivity contribution in [3.63, 3.8) is 0 Å². The van der Waals surface area contributed by atoms with Crippen molar-refractivity contribution < 1.29 is 59.8 Å². The van der Waals surface area contributed by atoms with Gasteiger partial charge in [-0.05, 0) is 57.5 Å². The van der Waals surface area contributed by atoms with Gasteiger partial charge in [0.05, 0.1) is 20.2 Å². The molecular formula is C35H41BrN10O8S2. The summed E-state index contributed by atoms with van der Waals surface area (Å²) in [6, 6.07) is 9.83. The van der Waals surface area contributed by atoms with Crippen LogP contribution in [0.4, 0.5) is 9.93 Å². The van der Waals surface area contributed by atoms with Gasteiger partial charge in [0.2, 0.25) is 16.7 Å². The van der Waals surface area contributed by atoms with E-state index in [4.69, 9.17) is 24.8 Å². The predicted octanol–water partition coefficient (Wildman–Crippen LogP) is -0.668. The molecule has 6 rings (SSSR count). The molecule has 0 saturated carbocycles. The van der Waals surface area contributed by atoms with Gasteiger partial charge in [0.25, 0.3) is 11.8 Å². The quantitative estimate of drug-likeness (QED) is 0.0472. The van der Waals surface area contributed by atoms with Crippen LogP contribution in [0.2, 0.25) is 0 Å². The Bertz CT molecular complexity index is 2150. The number of aromatic nitrogens is 5. The van der Waals surface area contributed by atoms with E-state index >= 15 is 0 Å². The lowest BCUT2D eigenvalue weighted by Crippen LogP contribution is -3.00. The minimum atomic E-state index is -1.03. The monoisotopic (exact) mass is 872 g/mol. The van der Waals surface area contributed by atoms with Crippen LogP contribution in [0, 0.1) is 0 Å². The topological polar surface area (TPSA) is 218 Å². The number of β-lactam (4-membered cyclic amide) rings is 1. The highest BCUT2D eigenvalue weighted by Crippen LogP contribution is 2.41. The second-order valence-corrected chi connectivity index (χ2v) is 15.1. The molecule has 1 aromatic carbocycles.